The van der Waals surface area contributed by atoms with Crippen molar-refractivity contribution in [2.75, 3.05) is 4.90 Å². The van der Waals surface area contributed by atoms with E-state index in [4.69, 9.17) is 0 Å². The van der Waals surface area contributed by atoms with E-state index in [1.165, 1.54) is 80.8 Å². The van der Waals surface area contributed by atoms with Crippen molar-refractivity contribution in [2.24, 2.45) is 0 Å². The average molecular weight is 680 g/mol. The van der Waals surface area contributed by atoms with Crippen LogP contribution in [0.1, 0.15) is 0 Å². The highest BCUT2D eigenvalue weighted by atomic mass is 32.1. The lowest BCUT2D eigenvalue weighted by Gasteiger charge is -2.27. The Kier molecular flexibility index (Phi) is 7.41. The number of rotatable bonds is 6. The van der Waals surface area contributed by atoms with Gasteiger partial charge in [-0.3, -0.25) is 0 Å². The molecule has 2 heteroatoms. The summed E-state index contributed by atoms with van der Waals surface area (Å²) in [7, 11) is 0. The van der Waals surface area contributed by atoms with Crippen LogP contribution in [0.3, 0.4) is 0 Å². The third-order valence-electron chi connectivity index (χ3n) is 10.2. The van der Waals surface area contributed by atoms with Crippen LogP contribution in [0.5, 0.6) is 0 Å². The molecule has 10 aromatic rings. The van der Waals surface area contributed by atoms with E-state index in [1.54, 1.807) is 0 Å². The molecule has 244 valence electrons. The van der Waals surface area contributed by atoms with Crippen LogP contribution in [0.2, 0.25) is 0 Å². The SMILES string of the molecule is c1ccc(-c2ccc3ccc(-c4ccc(N(c5ccccc5)c5ccc(-c6ccc7ccccc7c6)c6sc7ccccc7c56)cc4)cc3c2)cc1. The fourth-order valence-corrected chi connectivity index (χ4v) is 8.88. The third kappa shape index (κ3) is 5.33. The largest absolute Gasteiger partial charge is 0.310 e. The van der Waals surface area contributed by atoms with Crippen molar-refractivity contribution in [3.05, 3.63) is 200 Å². The first-order valence-electron chi connectivity index (χ1n) is 17.8. The van der Waals surface area contributed by atoms with Crippen LogP contribution in [-0.4, -0.2) is 0 Å². The van der Waals surface area contributed by atoms with E-state index in [1.807, 2.05) is 11.3 Å². The van der Waals surface area contributed by atoms with Crippen LogP contribution >= 0.6 is 11.3 Å². The molecule has 10 rings (SSSR count). The molecule has 0 saturated heterocycles. The second-order valence-electron chi connectivity index (χ2n) is 13.4. The summed E-state index contributed by atoms with van der Waals surface area (Å²) in [5.41, 5.74) is 10.8. The van der Waals surface area contributed by atoms with Gasteiger partial charge in [-0.25, -0.2) is 0 Å². The zero-order valence-corrected chi connectivity index (χ0v) is 29.2. The summed E-state index contributed by atoms with van der Waals surface area (Å²) in [6, 6.07) is 72.9. The Hall–Kier alpha value is -6.48. The standard InChI is InChI=1S/C50H33NS/c1-3-11-34(12-4-1)39-22-19-37-20-23-40(33-42(37)32-39)36-25-27-44(28-26-36)51(43-15-5-2-6-16-43)47-30-29-45(41-24-21-35-13-7-8-14-38(35)31-41)50-49(47)46-17-9-10-18-48(46)52-50/h1-33H. The molecule has 0 unspecified atom stereocenters. The molecule has 9 aromatic carbocycles. The van der Waals surface area contributed by atoms with Crippen molar-refractivity contribution in [1.29, 1.82) is 0 Å². The molecule has 1 heterocycles. The van der Waals surface area contributed by atoms with E-state index >= 15 is 0 Å². The quantitative estimate of drug-likeness (QED) is 0.169. The minimum Gasteiger partial charge on any atom is -0.310 e. The fourth-order valence-electron chi connectivity index (χ4n) is 7.62. The van der Waals surface area contributed by atoms with E-state index < -0.39 is 0 Å². The monoisotopic (exact) mass is 679 g/mol. The minimum atomic E-state index is 1.12. The number of nitrogens with zero attached hydrogens (tertiary/aromatic N) is 1. The van der Waals surface area contributed by atoms with Gasteiger partial charge in [0.05, 0.1) is 5.69 Å². The zero-order valence-electron chi connectivity index (χ0n) is 28.4. The predicted molar refractivity (Wildman–Crippen MR) is 225 cm³/mol. The van der Waals surface area contributed by atoms with Crippen molar-refractivity contribution < 1.29 is 0 Å². The molecule has 0 spiro atoms. The lowest BCUT2D eigenvalue weighted by atomic mass is 9.97. The van der Waals surface area contributed by atoms with E-state index in [9.17, 15) is 0 Å². The Morgan fingerprint density at radius 2 is 0.885 bits per heavy atom. The van der Waals surface area contributed by atoms with Crippen LogP contribution < -0.4 is 4.90 Å². The molecule has 0 amide bonds. The predicted octanol–water partition coefficient (Wildman–Crippen LogP) is 14.8. The third-order valence-corrected chi connectivity index (χ3v) is 11.4. The lowest BCUT2D eigenvalue weighted by Crippen LogP contribution is -2.10. The molecular weight excluding hydrogens is 647 g/mol. The molecule has 52 heavy (non-hydrogen) atoms. The number of para-hydroxylation sites is 1. The first-order chi connectivity index (χ1) is 25.8. The van der Waals surface area contributed by atoms with Crippen molar-refractivity contribution in [1.82, 2.24) is 0 Å². The molecule has 0 radical (unpaired) electrons. The van der Waals surface area contributed by atoms with Crippen molar-refractivity contribution in [2.45, 2.75) is 0 Å². The van der Waals surface area contributed by atoms with Gasteiger partial charge in [-0.15, -0.1) is 11.3 Å². The number of thiophene rings is 1. The Bertz CT molecular complexity index is 2890. The number of benzene rings is 9. The molecule has 0 N–H and O–H groups in total. The summed E-state index contributed by atoms with van der Waals surface area (Å²) in [4.78, 5) is 2.42. The molecule has 1 nitrogen and oxygen atoms in total. The van der Waals surface area contributed by atoms with Gasteiger partial charge in [0.2, 0.25) is 0 Å². The normalized spacial score (nSPS) is 11.5. The van der Waals surface area contributed by atoms with Gasteiger partial charge in [0.25, 0.3) is 0 Å². The molecule has 0 aliphatic heterocycles. The van der Waals surface area contributed by atoms with Crippen molar-refractivity contribution in [3.8, 4) is 33.4 Å². The summed E-state index contributed by atoms with van der Waals surface area (Å²) < 4.78 is 2.60. The van der Waals surface area contributed by atoms with Crippen LogP contribution in [-0.2, 0) is 0 Å². The molecule has 0 bridgehead atoms. The van der Waals surface area contributed by atoms with E-state index in [-0.39, 0.29) is 0 Å². The molecule has 0 fully saturated rings. The molecule has 0 aliphatic rings. The highest BCUT2D eigenvalue weighted by Gasteiger charge is 2.21. The van der Waals surface area contributed by atoms with Gasteiger partial charge < -0.3 is 4.90 Å². The Labute approximate surface area is 307 Å². The summed E-state index contributed by atoms with van der Waals surface area (Å²) in [6.07, 6.45) is 0. The highest BCUT2D eigenvalue weighted by molar-refractivity contribution is 7.26. The summed E-state index contributed by atoms with van der Waals surface area (Å²) in [6.45, 7) is 0. The van der Waals surface area contributed by atoms with E-state index in [2.05, 4.69) is 205 Å². The average Bonchev–Trinajstić information content (AvgIpc) is 3.61. The van der Waals surface area contributed by atoms with Crippen LogP contribution in [0.15, 0.2) is 200 Å². The maximum absolute atomic E-state index is 2.42. The maximum Gasteiger partial charge on any atom is 0.0555 e. The second-order valence-corrected chi connectivity index (χ2v) is 14.4. The first-order valence-corrected chi connectivity index (χ1v) is 18.6. The zero-order chi connectivity index (χ0) is 34.4. The van der Waals surface area contributed by atoms with Crippen molar-refractivity contribution in [3.63, 3.8) is 0 Å². The van der Waals surface area contributed by atoms with Crippen molar-refractivity contribution >= 4 is 70.1 Å². The number of hydrogen-bond acceptors (Lipinski definition) is 2. The fraction of sp³-hybridized carbons (Fsp3) is 0. The minimum absolute atomic E-state index is 1.12. The van der Waals surface area contributed by atoms with Gasteiger partial charge in [0.15, 0.2) is 0 Å². The lowest BCUT2D eigenvalue weighted by molar-refractivity contribution is 1.30. The summed E-state index contributed by atoms with van der Waals surface area (Å²) in [5.74, 6) is 0. The Morgan fingerprint density at radius 1 is 0.346 bits per heavy atom. The Balaban J connectivity index is 1.10. The first kappa shape index (κ1) is 30.4. The maximum atomic E-state index is 2.42. The van der Waals surface area contributed by atoms with Crippen LogP contribution in [0, 0.1) is 0 Å². The topological polar surface area (TPSA) is 3.24 Å². The van der Waals surface area contributed by atoms with E-state index in [0.29, 0.717) is 0 Å². The molecular formula is C50H33NS. The molecule has 0 aliphatic carbocycles. The smallest absolute Gasteiger partial charge is 0.0555 e. The molecule has 0 atom stereocenters. The van der Waals surface area contributed by atoms with E-state index in [0.717, 1.165) is 11.4 Å². The van der Waals surface area contributed by atoms with Gasteiger partial charge in [0.1, 0.15) is 0 Å². The number of anilines is 3. The van der Waals surface area contributed by atoms with Crippen LogP contribution in [0.25, 0.3) is 75.1 Å². The van der Waals surface area contributed by atoms with Gasteiger partial charge in [-0.1, -0.05) is 146 Å². The summed E-state index contributed by atoms with van der Waals surface area (Å²) in [5, 5.41) is 7.57. The van der Waals surface area contributed by atoms with Gasteiger partial charge >= 0.3 is 0 Å². The Morgan fingerprint density at radius 3 is 1.63 bits per heavy atom. The molecule has 0 saturated carbocycles. The van der Waals surface area contributed by atoms with Gasteiger partial charge in [0, 0.05) is 31.5 Å². The van der Waals surface area contributed by atoms with Gasteiger partial charge in [-0.05, 0) is 110 Å². The number of fused-ring (bicyclic) bond motifs is 5. The second kappa shape index (κ2) is 12.7. The summed E-state index contributed by atoms with van der Waals surface area (Å²) >= 11 is 1.88. The number of hydrogen-bond donors (Lipinski definition) is 0. The van der Waals surface area contributed by atoms with Crippen LogP contribution in [0.4, 0.5) is 17.1 Å². The highest BCUT2D eigenvalue weighted by Crippen LogP contribution is 2.48. The van der Waals surface area contributed by atoms with Gasteiger partial charge in [-0.2, -0.15) is 0 Å². The molecule has 1 aromatic heterocycles.